The molecule has 0 aliphatic rings. The predicted octanol–water partition coefficient (Wildman–Crippen LogP) is 6.57. The van der Waals surface area contributed by atoms with Gasteiger partial charge in [-0.15, -0.1) is 0 Å². The molecular weight excluding hydrogens is 583 g/mol. The Balaban J connectivity index is 1.60. The molecule has 234 valence electrons. The number of para-hydroxylation sites is 1. The van der Waals surface area contributed by atoms with Crippen molar-refractivity contribution in [2.75, 3.05) is 22.6 Å². The monoisotopic (exact) mass is 615 g/mol. The lowest BCUT2D eigenvalue weighted by atomic mass is 10.1. The van der Waals surface area contributed by atoms with Crippen LogP contribution in [0.4, 0.5) is 35.0 Å². The lowest BCUT2D eigenvalue weighted by Gasteiger charge is -2.20. The fraction of sp³-hybridized carbons (Fsp3) is 0.290. The lowest BCUT2D eigenvalue weighted by molar-refractivity contribution is -0.157. The van der Waals surface area contributed by atoms with Gasteiger partial charge in [-0.3, -0.25) is 9.59 Å². The van der Waals surface area contributed by atoms with Crippen LogP contribution < -0.4 is 25.4 Å². The third kappa shape index (κ3) is 10.6. The van der Waals surface area contributed by atoms with Crippen molar-refractivity contribution in [2.45, 2.75) is 52.3 Å². The largest absolute Gasteiger partial charge is 0.478 e. The number of benzene rings is 3. The summed E-state index contributed by atoms with van der Waals surface area (Å²) in [5, 5.41) is 7.33. The van der Waals surface area contributed by atoms with Crippen molar-refractivity contribution >= 4 is 40.9 Å². The first kappa shape index (κ1) is 33.4. The Labute approximate surface area is 251 Å². The van der Waals surface area contributed by atoms with Crippen LogP contribution >= 0.6 is 0 Å². The molecule has 0 aromatic heterocycles. The normalized spacial score (nSPS) is 11.2. The fourth-order valence-electron chi connectivity index (χ4n) is 3.71. The topological polar surface area (TPSA) is 132 Å². The van der Waals surface area contributed by atoms with Gasteiger partial charge >= 0.3 is 24.1 Å². The van der Waals surface area contributed by atoms with Gasteiger partial charge in [0, 0.05) is 23.9 Å². The number of halogens is 3. The molecule has 13 heteroatoms. The van der Waals surface area contributed by atoms with Crippen molar-refractivity contribution in [1.29, 1.82) is 0 Å². The number of rotatable bonds is 10. The Morgan fingerprint density at radius 3 is 2.07 bits per heavy atom. The van der Waals surface area contributed by atoms with Gasteiger partial charge in [0.2, 0.25) is 5.91 Å². The summed E-state index contributed by atoms with van der Waals surface area (Å²) in [4.78, 5) is 48.9. The smallest absolute Gasteiger partial charge is 0.418 e. The van der Waals surface area contributed by atoms with Gasteiger partial charge in [0.25, 0.3) is 0 Å². The standard InChI is InChI=1S/C31H32F3N3O7/c1-5-27(39)43-25-17-21(14-15-24(25)42-18-28(40)44-30(2,3)4)35-26(38)16-19-10-12-20(13-11-19)36-29(41)37-23-9-7-6-8-22(23)31(32,33)34/h6-15,17H,5,16,18H2,1-4H3,(H,35,38)(H2,36,37,41). The van der Waals surface area contributed by atoms with E-state index in [1.54, 1.807) is 39.8 Å². The van der Waals surface area contributed by atoms with E-state index in [4.69, 9.17) is 14.2 Å². The molecular formula is C31H32F3N3O7. The van der Waals surface area contributed by atoms with Crippen LogP contribution in [0.25, 0.3) is 0 Å². The summed E-state index contributed by atoms with van der Waals surface area (Å²) < 4.78 is 55.5. The van der Waals surface area contributed by atoms with Crippen molar-refractivity contribution in [1.82, 2.24) is 0 Å². The maximum Gasteiger partial charge on any atom is 0.418 e. The van der Waals surface area contributed by atoms with Gasteiger partial charge in [-0.05, 0) is 62.7 Å². The Kier molecular flexibility index (Phi) is 10.9. The van der Waals surface area contributed by atoms with Crippen molar-refractivity contribution < 1.29 is 46.6 Å². The number of carbonyl (C=O) groups excluding carboxylic acids is 4. The molecule has 0 radical (unpaired) electrons. The molecule has 3 aromatic rings. The van der Waals surface area contributed by atoms with Gasteiger partial charge in [-0.25, -0.2) is 9.59 Å². The van der Waals surface area contributed by atoms with Crippen LogP contribution in [-0.4, -0.2) is 36.1 Å². The number of carbonyl (C=O) groups is 4. The van der Waals surface area contributed by atoms with Gasteiger partial charge in [-0.1, -0.05) is 31.2 Å². The third-order valence-corrected chi connectivity index (χ3v) is 5.56. The van der Waals surface area contributed by atoms with E-state index in [-0.39, 0.29) is 30.0 Å². The molecule has 0 atom stereocenters. The van der Waals surface area contributed by atoms with Gasteiger partial charge in [0.15, 0.2) is 18.1 Å². The second kappa shape index (κ2) is 14.4. The predicted molar refractivity (Wildman–Crippen MR) is 157 cm³/mol. The minimum absolute atomic E-state index is 0.00442. The minimum Gasteiger partial charge on any atom is -0.478 e. The molecule has 10 nitrogen and oxygen atoms in total. The van der Waals surface area contributed by atoms with E-state index >= 15 is 0 Å². The quantitative estimate of drug-likeness (QED) is 0.174. The van der Waals surface area contributed by atoms with Crippen LogP contribution in [0.15, 0.2) is 66.7 Å². The highest BCUT2D eigenvalue weighted by molar-refractivity contribution is 6.00. The van der Waals surface area contributed by atoms with Crippen molar-refractivity contribution in [3.63, 3.8) is 0 Å². The summed E-state index contributed by atoms with van der Waals surface area (Å²) in [5.41, 5.74) is -0.903. The molecule has 44 heavy (non-hydrogen) atoms. The molecule has 0 spiro atoms. The van der Waals surface area contributed by atoms with Gasteiger partial charge in [0.1, 0.15) is 5.60 Å². The first-order chi connectivity index (χ1) is 20.6. The molecule has 0 fully saturated rings. The molecule has 3 rings (SSSR count). The average molecular weight is 616 g/mol. The summed E-state index contributed by atoms with van der Waals surface area (Å²) in [7, 11) is 0. The minimum atomic E-state index is -4.63. The van der Waals surface area contributed by atoms with E-state index in [1.165, 1.54) is 42.5 Å². The summed E-state index contributed by atoms with van der Waals surface area (Å²) >= 11 is 0. The van der Waals surface area contributed by atoms with Crippen LogP contribution in [-0.2, 0) is 31.7 Å². The summed E-state index contributed by atoms with van der Waals surface area (Å²) in [6.45, 7) is 6.33. The van der Waals surface area contributed by atoms with E-state index in [1.807, 2.05) is 0 Å². The number of hydrogen-bond acceptors (Lipinski definition) is 7. The molecule has 0 heterocycles. The number of nitrogens with one attached hydrogen (secondary N) is 3. The van der Waals surface area contributed by atoms with Crippen LogP contribution in [0.1, 0.15) is 45.2 Å². The summed E-state index contributed by atoms with van der Waals surface area (Å²) in [6, 6.07) is 14.2. The number of urea groups is 1. The van der Waals surface area contributed by atoms with Crippen LogP contribution in [0.5, 0.6) is 11.5 Å². The van der Waals surface area contributed by atoms with Crippen LogP contribution in [0.3, 0.4) is 0 Å². The second-order valence-corrected chi connectivity index (χ2v) is 10.4. The molecule has 0 saturated heterocycles. The Morgan fingerprint density at radius 1 is 0.773 bits per heavy atom. The number of anilines is 3. The molecule has 0 saturated carbocycles. The van der Waals surface area contributed by atoms with E-state index < -0.39 is 47.8 Å². The summed E-state index contributed by atoms with van der Waals surface area (Å²) in [5.74, 6) is -1.48. The maximum atomic E-state index is 13.2. The lowest BCUT2D eigenvalue weighted by Crippen LogP contribution is -2.27. The maximum absolute atomic E-state index is 13.2. The van der Waals surface area contributed by atoms with Crippen LogP contribution in [0.2, 0.25) is 0 Å². The highest BCUT2D eigenvalue weighted by Gasteiger charge is 2.33. The Bertz CT molecular complexity index is 1500. The Morgan fingerprint density at radius 2 is 1.43 bits per heavy atom. The molecule has 0 unspecified atom stereocenters. The SMILES string of the molecule is CCC(=O)Oc1cc(NC(=O)Cc2ccc(NC(=O)Nc3ccccc3C(F)(F)F)cc2)ccc1OCC(=O)OC(C)(C)C. The fourth-order valence-corrected chi connectivity index (χ4v) is 3.71. The Hall–Kier alpha value is -5.07. The van der Waals surface area contributed by atoms with E-state index in [0.717, 1.165) is 12.1 Å². The zero-order valence-corrected chi connectivity index (χ0v) is 24.5. The number of hydrogen-bond donors (Lipinski definition) is 3. The van der Waals surface area contributed by atoms with E-state index in [2.05, 4.69) is 16.0 Å². The van der Waals surface area contributed by atoms with E-state index in [0.29, 0.717) is 16.9 Å². The van der Waals surface area contributed by atoms with Gasteiger partial charge in [0.05, 0.1) is 17.7 Å². The van der Waals surface area contributed by atoms with E-state index in [9.17, 15) is 32.3 Å². The van der Waals surface area contributed by atoms with Crippen molar-refractivity contribution in [3.8, 4) is 11.5 Å². The first-order valence-electron chi connectivity index (χ1n) is 13.5. The second-order valence-electron chi connectivity index (χ2n) is 10.4. The molecule has 3 aromatic carbocycles. The number of amides is 3. The number of esters is 2. The zero-order chi connectivity index (χ0) is 32.5. The first-order valence-corrected chi connectivity index (χ1v) is 13.5. The molecule has 0 aliphatic heterocycles. The average Bonchev–Trinajstić information content (AvgIpc) is 2.92. The number of ether oxygens (including phenoxy) is 3. The highest BCUT2D eigenvalue weighted by atomic mass is 19.4. The van der Waals surface area contributed by atoms with Crippen LogP contribution in [0, 0.1) is 0 Å². The van der Waals surface area contributed by atoms with Gasteiger partial charge < -0.3 is 30.2 Å². The van der Waals surface area contributed by atoms with Gasteiger partial charge in [-0.2, -0.15) is 13.2 Å². The number of alkyl halides is 3. The molecule has 3 amide bonds. The summed E-state index contributed by atoms with van der Waals surface area (Å²) in [6.07, 6.45) is -4.62. The zero-order valence-electron chi connectivity index (χ0n) is 24.5. The third-order valence-electron chi connectivity index (χ3n) is 5.56. The highest BCUT2D eigenvalue weighted by Crippen LogP contribution is 2.35. The molecule has 3 N–H and O–H groups in total. The molecule has 0 bridgehead atoms. The van der Waals surface area contributed by atoms with Crippen molar-refractivity contribution in [2.24, 2.45) is 0 Å². The molecule has 0 aliphatic carbocycles. The van der Waals surface area contributed by atoms with Crippen molar-refractivity contribution in [3.05, 3.63) is 77.9 Å².